The van der Waals surface area contributed by atoms with Crippen LogP contribution < -0.4 is 4.74 Å². The van der Waals surface area contributed by atoms with Crippen LogP contribution in [0.2, 0.25) is 0 Å². The average Bonchev–Trinajstić information content (AvgIpc) is 2.94. The number of rotatable bonds is 11. The Morgan fingerprint density at radius 3 is 2.52 bits per heavy atom. The van der Waals surface area contributed by atoms with Gasteiger partial charge < -0.3 is 20.1 Å². The van der Waals surface area contributed by atoms with Gasteiger partial charge in [-0.05, 0) is 43.4 Å². The maximum absolute atomic E-state index is 14.2. The van der Waals surface area contributed by atoms with Crippen molar-refractivity contribution < 1.29 is 33.6 Å². The number of hydrogen-bond acceptors (Lipinski definition) is 4. The predicted molar refractivity (Wildman–Crippen MR) is 105 cm³/mol. The smallest absolute Gasteiger partial charge is 0.303 e. The zero-order chi connectivity index (χ0) is 21.3. The highest BCUT2D eigenvalue weighted by Crippen LogP contribution is 2.37. The number of para-hydroxylation sites is 1. The highest BCUT2D eigenvalue weighted by atomic mass is 19.3. The van der Waals surface area contributed by atoms with E-state index in [-0.39, 0.29) is 18.8 Å². The molecule has 1 aromatic rings. The first-order chi connectivity index (χ1) is 13.8. The Hall–Kier alpha value is -2.25. The molecule has 0 aromatic heterocycles. The molecule has 1 aromatic carbocycles. The molecule has 29 heavy (non-hydrogen) atoms. The van der Waals surface area contributed by atoms with Crippen molar-refractivity contribution in [1.82, 2.24) is 0 Å². The summed E-state index contributed by atoms with van der Waals surface area (Å²) in [5.41, 5.74) is 0. The lowest BCUT2D eigenvalue weighted by Crippen LogP contribution is -2.25. The molecule has 0 aliphatic heterocycles. The van der Waals surface area contributed by atoms with Crippen LogP contribution in [0, 0.1) is 11.8 Å². The summed E-state index contributed by atoms with van der Waals surface area (Å²) >= 11 is 0. The van der Waals surface area contributed by atoms with E-state index >= 15 is 0 Å². The molecule has 0 saturated heterocycles. The minimum absolute atomic E-state index is 0.0484. The molecule has 7 heteroatoms. The fourth-order valence-corrected chi connectivity index (χ4v) is 3.50. The summed E-state index contributed by atoms with van der Waals surface area (Å²) in [5.74, 6) is -4.63. The summed E-state index contributed by atoms with van der Waals surface area (Å²) in [6, 6.07) is 8.34. The van der Waals surface area contributed by atoms with Crippen molar-refractivity contribution in [2.75, 3.05) is 6.61 Å². The third-order valence-corrected chi connectivity index (χ3v) is 5.01. The first-order valence-electron chi connectivity index (χ1n) is 9.76. The molecule has 4 atom stereocenters. The number of aliphatic carboxylic acids is 1. The molecule has 1 aliphatic rings. The summed E-state index contributed by atoms with van der Waals surface area (Å²) in [5, 5.41) is 28.9. The summed E-state index contributed by atoms with van der Waals surface area (Å²) in [6.07, 6.45) is 5.67. The molecule has 2 rings (SSSR count). The monoisotopic (exact) mass is 410 g/mol. The van der Waals surface area contributed by atoms with Crippen molar-refractivity contribution in [2.24, 2.45) is 11.8 Å². The van der Waals surface area contributed by atoms with E-state index in [4.69, 9.17) is 9.84 Å². The van der Waals surface area contributed by atoms with Crippen molar-refractivity contribution >= 4 is 5.97 Å². The van der Waals surface area contributed by atoms with Gasteiger partial charge in [-0.2, -0.15) is 8.78 Å². The Kier molecular flexibility index (Phi) is 8.79. The number of halogens is 2. The molecule has 0 unspecified atom stereocenters. The van der Waals surface area contributed by atoms with Crippen LogP contribution >= 0.6 is 0 Å². The topological polar surface area (TPSA) is 87.0 Å². The SMILES string of the molecule is O=C(O)CC/C=C\CC[C@@H]1[C@@H](/C=C/C(F)(F)COc2ccccc2)[C@H](O)C[C@@H]1O. The number of carboxylic acid groups (broad SMARTS) is 1. The van der Waals surface area contributed by atoms with Crippen LogP contribution in [0.5, 0.6) is 5.75 Å². The number of carbonyl (C=O) groups is 1. The van der Waals surface area contributed by atoms with E-state index in [0.717, 1.165) is 6.08 Å². The summed E-state index contributed by atoms with van der Waals surface area (Å²) in [6.45, 7) is -0.810. The Labute approximate surface area is 169 Å². The van der Waals surface area contributed by atoms with E-state index in [1.807, 2.05) is 6.08 Å². The molecule has 1 aliphatic carbocycles. The van der Waals surface area contributed by atoms with Gasteiger partial charge in [-0.15, -0.1) is 0 Å². The Morgan fingerprint density at radius 1 is 1.14 bits per heavy atom. The average molecular weight is 410 g/mol. The van der Waals surface area contributed by atoms with Crippen molar-refractivity contribution in [3.8, 4) is 5.75 Å². The summed E-state index contributed by atoms with van der Waals surface area (Å²) in [7, 11) is 0. The van der Waals surface area contributed by atoms with E-state index in [9.17, 15) is 23.8 Å². The van der Waals surface area contributed by atoms with Gasteiger partial charge in [-0.25, -0.2) is 0 Å². The lowest BCUT2D eigenvalue weighted by molar-refractivity contribution is -0.136. The van der Waals surface area contributed by atoms with Crippen LogP contribution in [0.15, 0.2) is 54.6 Å². The van der Waals surface area contributed by atoms with Crippen molar-refractivity contribution in [2.45, 2.75) is 50.2 Å². The second-order valence-electron chi connectivity index (χ2n) is 7.31. The number of aliphatic hydroxyl groups excluding tert-OH is 2. The van der Waals surface area contributed by atoms with E-state index in [2.05, 4.69) is 0 Å². The molecular weight excluding hydrogens is 382 g/mol. The predicted octanol–water partition coefficient (Wildman–Crippen LogP) is 3.82. The maximum atomic E-state index is 14.2. The van der Waals surface area contributed by atoms with Crippen LogP contribution in [0.25, 0.3) is 0 Å². The minimum Gasteiger partial charge on any atom is -0.487 e. The molecule has 5 nitrogen and oxygen atoms in total. The molecule has 0 bridgehead atoms. The van der Waals surface area contributed by atoms with Crippen molar-refractivity contribution in [3.05, 3.63) is 54.6 Å². The molecule has 160 valence electrons. The number of alkyl halides is 2. The first kappa shape index (κ1) is 23.0. The molecule has 0 amide bonds. The Morgan fingerprint density at radius 2 is 1.83 bits per heavy atom. The van der Waals surface area contributed by atoms with Gasteiger partial charge in [0.1, 0.15) is 5.75 Å². The molecule has 1 fully saturated rings. The molecule has 3 N–H and O–H groups in total. The Balaban J connectivity index is 1.88. The quantitative estimate of drug-likeness (QED) is 0.483. The molecule has 1 saturated carbocycles. The van der Waals surface area contributed by atoms with Crippen LogP contribution in [-0.4, -0.2) is 46.0 Å². The number of benzene rings is 1. The summed E-state index contributed by atoms with van der Waals surface area (Å²) in [4.78, 5) is 10.5. The second kappa shape index (κ2) is 11.1. The van der Waals surface area contributed by atoms with Gasteiger partial charge in [0.05, 0.1) is 12.2 Å². The molecular formula is C22H28F2O5. The lowest BCUT2D eigenvalue weighted by Gasteiger charge is -2.21. The standard InChI is InChI=1S/C22H28F2O5/c23-22(24,15-29-16-8-4-3-5-9-16)13-12-18-17(19(25)14-20(18)26)10-6-1-2-7-11-21(27)28/h1-5,8-9,12-13,17-20,25-26H,6-7,10-11,14-15H2,(H,27,28)/b2-1-,13-12+/t17-,18-,19+,20-/m1/s1. The second-order valence-corrected chi connectivity index (χ2v) is 7.31. The number of allylic oxidation sites excluding steroid dienone is 2. The third kappa shape index (κ3) is 7.95. The number of hydrogen-bond donors (Lipinski definition) is 3. The zero-order valence-corrected chi connectivity index (χ0v) is 16.2. The summed E-state index contributed by atoms with van der Waals surface area (Å²) < 4.78 is 33.4. The van der Waals surface area contributed by atoms with E-state index < -0.39 is 36.6 Å². The normalized spacial score (nSPS) is 25.1. The van der Waals surface area contributed by atoms with Gasteiger partial charge in [0.2, 0.25) is 0 Å². The number of ether oxygens (including phenoxy) is 1. The number of carboxylic acids is 1. The van der Waals surface area contributed by atoms with E-state index in [1.54, 1.807) is 36.4 Å². The molecule has 0 spiro atoms. The van der Waals surface area contributed by atoms with Gasteiger partial charge in [-0.3, -0.25) is 4.79 Å². The highest BCUT2D eigenvalue weighted by molar-refractivity contribution is 5.66. The van der Waals surface area contributed by atoms with E-state index in [0.29, 0.717) is 25.0 Å². The Bertz CT molecular complexity index is 690. The van der Waals surface area contributed by atoms with Gasteiger partial charge in [0, 0.05) is 18.8 Å². The van der Waals surface area contributed by atoms with Crippen LogP contribution in [0.1, 0.15) is 32.1 Å². The minimum atomic E-state index is -3.20. The molecule has 0 radical (unpaired) electrons. The fourth-order valence-electron chi connectivity index (χ4n) is 3.50. The maximum Gasteiger partial charge on any atom is 0.303 e. The van der Waals surface area contributed by atoms with Crippen LogP contribution in [0.3, 0.4) is 0 Å². The zero-order valence-electron chi connectivity index (χ0n) is 16.2. The van der Waals surface area contributed by atoms with Gasteiger partial charge in [-0.1, -0.05) is 36.4 Å². The van der Waals surface area contributed by atoms with Crippen molar-refractivity contribution in [3.63, 3.8) is 0 Å². The molecule has 0 heterocycles. The van der Waals surface area contributed by atoms with Gasteiger partial charge in [0.25, 0.3) is 5.92 Å². The van der Waals surface area contributed by atoms with Gasteiger partial charge in [0.15, 0.2) is 6.61 Å². The van der Waals surface area contributed by atoms with Crippen molar-refractivity contribution in [1.29, 1.82) is 0 Å². The fraction of sp³-hybridized carbons (Fsp3) is 0.500. The number of aliphatic hydroxyl groups is 2. The van der Waals surface area contributed by atoms with Gasteiger partial charge >= 0.3 is 5.97 Å². The third-order valence-electron chi connectivity index (χ3n) is 5.01. The largest absolute Gasteiger partial charge is 0.487 e. The first-order valence-corrected chi connectivity index (χ1v) is 9.76. The van der Waals surface area contributed by atoms with Crippen LogP contribution in [0.4, 0.5) is 8.78 Å². The highest BCUT2D eigenvalue weighted by Gasteiger charge is 2.40. The lowest BCUT2D eigenvalue weighted by atomic mass is 9.88. The van der Waals surface area contributed by atoms with Crippen LogP contribution in [-0.2, 0) is 4.79 Å². The van der Waals surface area contributed by atoms with E-state index in [1.165, 1.54) is 6.08 Å².